The van der Waals surface area contributed by atoms with Gasteiger partial charge in [-0.05, 0) is 17.7 Å². The largest absolute Gasteiger partial charge is 0.314 e. The van der Waals surface area contributed by atoms with Crippen molar-refractivity contribution in [1.29, 1.82) is 0 Å². The zero-order chi connectivity index (χ0) is 13.2. The highest BCUT2D eigenvalue weighted by Crippen LogP contribution is 2.23. The first-order valence-corrected chi connectivity index (χ1v) is 8.15. The van der Waals surface area contributed by atoms with Crippen molar-refractivity contribution in [3.05, 3.63) is 28.8 Å². The van der Waals surface area contributed by atoms with Gasteiger partial charge in [0.25, 0.3) is 0 Å². The minimum absolute atomic E-state index is 0.202. The Morgan fingerprint density at radius 1 is 1.33 bits per heavy atom. The first-order valence-electron chi connectivity index (χ1n) is 5.88. The van der Waals surface area contributed by atoms with Crippen LogP contribution in [0, 0.1) is 0 Å². The smallest absolute Gasteiger partial charge is 0.176 e. The van der Waals surface area contributed by atoms with Gasteiger partial charge in [0.15, 0.2) is 9.84 Å². The molecule has 0 unspecified atom stereocenters. The van der Waals surface area contributed by atoms with Gasteiger partial charge in [-0.1, -0.05) is 17.7 Å². The van der Waals surface area contributed by atoms with Crippen molar-refractivity contribution in [2.24, 2.45) is 0 Å². The second-order valence-corrected chi connectivity index (χ2v) is 6.95. The van der Waals surface area contributed by atoms with E-state index in [1.165, 1.54) is 6.26 Å². The second kappa shape index (κ2) is 5.57. The maximum Gasteiger partial charge on any atom is 0.176 e. The van der Waals surface area contributed by atoms with E-state index in [2.05, 4.69) is 10.2 Å². The number of benzene rings is 1. The Kier molecular flexibility index (Phi) is 4.27. The van der Waals surface area contributed by atoms with E-state index >= 15 is 0 Å². The van der Waals surface area contributed by atoms with Gasteiger partial charge < -0.3 is 5.32 Å². The Hall–Kier alpha value is -0.620. The van der Waals surface area contributed by atoms with E-state index in [0.717, 1.165) is 38.3 Å². The van der Waals surface area contributed by atoms with Crippen LogP contribution in [0.3, 0.4) is 0 Å². The van der Waals surface area contributed by atoms with Crippen molar-refractivity contribution in [2.75, 3.05) is 32.4 Å². The standard InChI is InChI=1S/C12H17ClN2O2S/c1-18(16,17)12-3-2-10(8-11(12)13)9-15-6-4-14-5-7-15/h2-3,8,14H,4-7,9H2,1H3. The summed E-state index contributed by atoms with van der Waals surface area (Å²) in [6.07, 6.45) is 1.17. The maximum atomic E-state index is 11.5. The predicted octanol–water partition coefficient (Wildman–Crippen LogP) is 1.15. The zero-order valence-electron chi connectivity index (χ0n) is 10.3. The SMILES string of the molecule is CS(=O)(=O)c1ccc(CN2CCNCC2)cc1Cl. The van der Waals surface area contributed by atoms with Crippen molar-refractivity contribution in [1.82, 2.24) is 10.2 Å². The summed E-state index contributed by atoms with van der Waals surface area (Å²) in [7, 11) is -3.24. The number of nitrogens with one attached hydrogen (secondary N) is 1. The summed E-state index contributed by atoms with van der Waals surface area (Å²) >= 11 is 6.02. The number of halogens is 1. The molecule has 1 aliphatic rings. The molecule has 6 heteroatoms. The van der Waals surface area contributed by atoms with E-state index in [1.54, 1.807) is 12.1 Å². The molecule has 18 heavy (non-hydrogen) atoms. The molecule has 0 spiro atoms. The molecule has 1 heterocycles. The fraction of sp³-hybridized carbons (Fsp3) is 0.500. The molecule has 1 aromatic carbocycles. The van der Waals surface area contributed by atoms with Crippen LogP contribution in [0.4, 0.5) is 0 Å². The third-order valence-corrected chi connectivity index (χ3v) is 4.59. The van der Waals surface area contributed by atoms with Crippen LogP contribution in [0.2, 0.25) is 5.02 Å². The average molecular weight is 289 g/mol. The van der Waals surface area contributed by atoms with E-state index in [9.17, 15) is 8.42 Å². The van der Waals surface area contributed by atoms with E-state index in [-0.39, 0.29) is 4.90 Å². The number of hydrogen-bond donors (Lipinski definition) is 1. The lowest BCUT2D eigenvalue weighted by molar-refractivity contribution is 0.233. The third-order valence-electron chi connectivity index (χ3n) is 3.01. The lowest BCUT2D eigenvalue weighted by Gasteiger charge is -2.27. The fourth-order valence-corrected chi connectivity index (χ4v) is 3.42. The predicted molar refractivity (Wildman–Crippen MR) is 72.7 cm³/mol. The minimum atomic E-state index is -3.24. The molecule has 1 aromatic rings. The summed E-state index contributed by atoms with van der Waals surface area (Å²) in [5.74, 6) is 0. The molecule has 1 fully saturated rings. The lowest BCUT2D eigenvalue weighted by atomic mass is 10.2. The van der Waals surface area contributed by atoms with Crippen LogP contribution in [0.15, 0.2) is 23.1 Å². The molecule has 1 N–H and O–H groups in total. The fourth-order valence-electron chi connectivity index (χ4n) is 2.07. The molecule has 0 atom stereocenters. The Bertz CT molecular complexity index is 525. The van der Waals surface area contributed by atoms with E-state index in [0.29, 0.717) is 5.02 Å². The summed E-state index contributed by atoms with van der Waals surface area (Å²) in [5.41, 5.74) is 1.05. The van der Waals surface area contributed by atoms with Crippen LogP contribution in [-0.2, 0) is 16.4 Å². The Labute approximate surface area is 113 Å². The molecule has 0 saturated carbocycles. The van der Waals surface area contributed by atoms with Crippen LogP contribution in [0.25, 0.3) is 0 Å². The molecule has 0 amide bonds. The first-order chi connectivity index (χ1) is 8.47. The number of nitrogens with zero attached hydrogens (tertiary/aromatic N) is 1. The molecule has 0 aromatic heterocycles. The molecular weight excluding hydrogens is 272 g/mol. The number of rotatable bonds is 3. The highest BCUT2D eigenvalue weighted by Gasteiger charge is 2.14. The molecule has 4 nitrogen and oxygen atoms in total. The molecule has 0 aliphatic carbocycles. The molecule has 1 aliphatic heterocycles. The van der Waals surface area contributed by atoms with Gasteiger partial charge >= 0.3 is 0 Å². The second-order valence-electron chi connectivity index (χ2n) is 4.56. The molecule has 0 radical (unpaired) electrons. The molecular formula is C12H17ClN2O2S. The zero-order valence-corrected chi connectivity index (χ0v) is 11.9. The van der Waals surface area contributed by atoms with Gasteiger partial charge in [0.2, 0.25) is 0 Å². The Balaban J connectivity index is 2.13. The van der Waals surface area contributed by atoms with Gasteiger partial charge in [-0.3, -0.25) is 4.90 Å². The van der Waals surface area contributed by atoms with Crippen LogP contribution >= 0.6 is 11.6 Å². The van der Waals surface area contributed by atoms with Gasteiger partial charge in [-0.15, -0.1) is 0 Å². The number of piperazine rings is 1. The number of sulfone groups is 1. The summed E-state index contributed by atoms with van der Waals surface area (Å²) in [4.78, 5) is 2.52. The number of hydrogen-bond acceptors (Lipinski definition) is 4. The third kappa shape index (κ3) is 3.45. The summed E-state index contributed by atoms with van der Waals surface area (Å²) in [5, 5.41) is 3.60. The highest BCUT2D eigenvalue weighted by atomic mass is 35.5. The van der Waals surface area contributed by atoms with Crippen molar-refractivity contribution in [3.8, 4) is 0 Å². The summed E-state index contributed by atoms with van der Waals surface area (Å²) in [6, 6.07) is 5.18. The van der Waals surface area contributed by atoms with Gasteiger partial charge in [-0.2, -0.15) is 0 Å². The van der Waals surface area contributed by atoms with Crippen molar-refractivity contribution >= 4 is 21.4 Å². The topological polar surface area (TPSA) is 49.4 Å². The van der Waals surface area contributed by atoms with Crippen LogP contribution < -0.4 is 5.32 Å². The average Bonchev–Trinajstić information content (AvgIpc) is 2.28. The van der Waals surface area contributed by atoms with E-state index < -0.39 is 9.84 Å². The van der Waals surface area contributed by atoms with E-state index in [1.807, 2.05) is 6.07 Å². The lowest BCUT2D eigenvalue weighted by Crippen LogP contribution is -2.42. The molecule has 100 valence electrons. The van der Waals surface area contributed by atoms with Crippen molar-refractivity contribution < 1.29 is 8.42 Å². The Morgan fingerprint density at radius 2 is 2.00 bits per heavy atom. The van der Waals surface area contributed by atoms with Gasteiger partial charge in [0.05, 0.1) is 9.92 Å². The Morgan fingerprint density at radius 3 is 2.56 bits per heavy atom. The normalized spacial score (nSPS) is 17.9. The van der Waals surface area contributed by atoms with Crippen LogP contribution in [0.5, 0.6) is 0 Å². The van der Waals surface area contributed by atoms with E-state index in [4.69, 9.17) is 11.6 Å². The van der Waals surface area contributed by atoms with Crippen molar-refractivity contribution in [2.45, 2.75) is 11.4 Å². The maximum absolute atomic E-state index is 11.5. The molecule has 2 rings (SSSR count). The quantitative estimate of drug-likeness (QED) is 0.906. The molecule has 0 bridgehead atoms. The van der Waals surface area contributed by atoms with Gasteiger partial charge in [0.1, 0.15) is 0 Å². The van der Waals surface area contributed by atoms with Gasteiger partial charge in [0, 0.05) is 39.0 Å². The summed E-state index contributed by atoms with van der Waals surface area (Å²) in [6.45, 7) is 4.81. The van der Waals surface area contributed by atoms with Crippen molar-refractivity contribution in [3.63, 3.8) is 0 Å². The first kappa shape index (κ1) is 13.8. The van der Waals surface area contributed by atoms with Gasteiger partial charge in [-0.25, -0.2) is 8.42 Å². The van der Waals surface area contributed by atoms with Crippen LogP contribution in [-0.4, -0.2) is 45.8 Å². The minimum Gasteiger partial charge on any atom is -0.314 e. The van der Waals surface area contributed by atoms with Crippen LogP contribution in [0.1, 0.15) is 5.56 Å². The molecule has 1 saturated heterocycles. The highest BCUT2D eigenvalue weighted by molar-refractivity contribution is 7.90. The monoisotopic (exact) mass is 288 g/mol. The summed E-state index contributed by atoms with van der Waals surface area (Å²) < 4.78 is 22.9.